The molecule has 0 bridgehead atoms. The second kappa shape index (κ2) is 9.83. The van der Waals surface area contributed by atoms with Gasteiger partial charge < -0.3 is 28.5 Å². The van der Waals surface area contributed by atoms with Crippen LogP contribution in [0.1, 0.15) is 38.0 Å². The maximum atomic E-state index is 10.9. The highest BCUT2D eigenvalue weighted by Gasteiger charge is 2.39. The zero-order valence-electron chi connectivity index (χ0n) is 20.2. The number of aliphatic hydroxyl groups excluding tert-OH is 1. The number of hydrogen-bond donors (Lipinski definition) is 1. The Balaban J connectivity index is 2.35. The molecule has 2 aromatic carbocycles. The number of ether oxygens (including phenoxy) is 4. The summed E-state index contributed by atoms with van der Waals surface area (Å²) in [6.45, 7) is 11.0. The first kappa shape index (κ1) is 24.9. The number of aliphatic hydroxyl groups is 1. The summed E-state index contributed by atoms with van der Waals surface area (Å²) in [6.07, 6.45) is -0.362. The average molecular weight is 449 g/mol. The Morgan fingerprint density at radius 3 is 1.81 bits per heavy atom. The van der Waals surface area contributed by atoms with E-state index in [2.05, 4.69) is 33.9 Å². The molecule has 0 radical (unpaired) electrons. The van der Waals surface area contributed by atoms with Crippen molar-refractivity contribution in [3.63, 3.8) is 0 Å². The van der Waals surface area contributed by atoms with E-state index >= 15 is 0 Å². The molecule has 0 fully saturated rings. The van der Waals surface area contributed by atoms with E-state index in [-0.39, 0.29) is 5.04 Å². The third-order valence-electron chi connectivity index (χ3n) is 5.90. The second-order valence-corrected chi connectivity index (χ2v) is 13.8. The van der Waals surface area contributed by atoms with Crippen LogP contribution in [0.3, 0.4) is 0 Å². The molecule has 0 aliphatic heterocycles. The van der Waals surface area contributed by atoms with E-state index < -0.39 is 14.4 Å². The van der Waals surface area contributed by atoms with Crippen LogP contribution >= 0.6 is 0 Å². The van der Waals surface area contributed by atoms with Gasteiger partial charge in [0.1, 0.15) is 5.75 Å². The standard InChI is InChI=1S/C24H36O6Si/c1-24(2,3)31(8,9)30-20-13-16(10-11-19(20)26-4)12-18(25)17-14-21(27-5)23(29-7)22(15-17)28-6/h10-11,13-15,18,25H,12H2,1-9H3/t18-/m1/s1. The molecule has 0 heterocycles. The van der Waals surface area contributed by atoms with Gasteiger partial charge >= 0.3 is 0 Å². The molecule has 0 saturated carbocycles. The van der Waals surface area contributed by atoms with E-state index in [0.717, 1.165) is 5.56 Å². The maximum Gasteiger partial charge on any atom is 0.250 e. The fraction of sp³-hybridized carbons (Fsp3) is 0.500. The minimum Gasteiger partial charge on any atom is -0.541 e. The van der Waals surface area contributed by atoms with Crippen molar-refractivity contribution in [2.45, 2.75) is 51.4 Å². The van der Waals surface area contributed by atoms with Crippen molar-refractivity contribution in [1.82, 2.24) is 0 Å². The summed E-state index contributed by atoms with van der Waals surface area (Å²) in [5, 5.41) is 11.0. The highest BCUT2D eigenvalue weighted by atomic mass is 28.4. The Hall–Kier alpha value is -2.38. The molecule has 2 aromatic rings. The first-order valence-corrected chi connectivity index (χ1v) is 13.2. The second-order valence-electron chi connectivity index (χ2n) is 9.03. The fourth-order valence-electron chi connectivity index (χ4n) is 2.99. The SMILES string of the molecule is COc1ccc(C[C@@H](O)c2cc(OC)c(OC)c(OC)c2)cc1O[Si](C)(C)C(C)(C)C. The summed E-state index contributed by atoms with van der Waals surface area (Å²) in [5.74, 6) is 2.91. The lowest BCUT2D eigenvalue weighted by molar-refractivity contribution is 0.177. The van der Waals surface area contributed by atoms with Crippen molar-refractivity contribution in [3.05, 3.63) is 41.5 Å². The summed E-state index contributed by atoms with van der Waals surface area (Å²) in [7, 11) is 4.26. The molecule has 1 N–H and O–H groups in total. The average Bonchev–Trinajstić information content (AvgIpc) is 2.71. The Bertz CT molecular complexity index is 863. The zero-order valence-corrected chi connectivity index (χ0v) is 21.2. The first-order chi connectivity index (χ1) is 14.5. The molecule has 0 amide bonds. The van der Waals surface area contributed by atoms with Crippen LogP contribution in [-0.2, 0) is 6.42 Å². The van der Waals surface area contributed by atoms with Crippen molar-refractivity contribution in [3.8, 4) is 28.7 Å². The van der Waals surface area contributed by atoms with Crippen LogP contribution in [0.15, 0.2) is 30.3 Å². The predicted octanol–water partition coefficient (Wildman–Crippen LogP) is 5.38. The predicted molar refractivity (Wildman–Crippen MR) is 126 cm³/mol. The quantitative estimate of drug-likeness (QED) is 0.520. The molecule has 0 unspecified atom stereocenters. The van der Waals surface area contributed by atoms with Crippen LogP contribution in [0.2, 0.25) is 18.1 Å². The summed E-state index contributed by atoms with van der Waals surface area (Å²) >= 11 is 0. The molecule has 7 heteroatoms. The van der Waals surface area contributed by atoms with E-state index in [1.165, 1.54) is 0 Å². The van der Waals surface area contributed by atoms with E-state index in [9.17, 15) is 5.11 Å². The molecular formula is C24H36O6Si. The lowest BCUT2D eigenvalue weighted by Gasteiger charge is -2.36. The molecule has 1 atom stereocenters. The van der Waals surface area contributed by atoms with Crippen molar-refractivity contribution in [2.24, 2.45) is 0 Å². The Kier molecular flexibility index (Phi) is 7.89. The molecule has 0 saturated heterocycles. The largest absolute Gasteiger partial charge is 0.541 e. The highest BCUT2D eigenvalue weighted by Crippen LogP contribution is 2.42. The van der Waals surface area contributed by atoms with Gasteiger partial charge in [-0.2, -0.15) is 0 Å². The summed E-state index contributed by atoms with van der Waals surface area (Å²) in [4.78, 5) is 0. The van der Waals surface area contributed by atoms with Crippen molar-refractivity contribution in [2.75, 3.05) is 28.4 Å². The number of hydrogen-bond acceptors (Lipinski definition) is 6. The van der Waals surface area contributed by atoms with E-state index in [4.69, 9.17) is 23.4 Å². The minimum atomic E-state index is -2.04. The topological polar surface area (TPSA) is 66.4 Å². The van der Waals surface area contributed by atoms with E-state index in [1.807, 2.05) is 18.2 Å². The van der Waals surface area contributed by atoms with Gasteiger partial charge in [-0.05, 0) is 53.5 Å². The number of benzene rings is 2. The molecule has 2 rings (SSSR count). The summed E-state index contributed by atoms with van der Waals surface area (Å²) in [5.41, 5.74) is 1.62. The van der Waals surface area contributed by atoms with Gasteiger partial charge in [0.2, 0.25) is 5.75 Å². The third kappa shape index (κ3) is 5.65. The lowest BCUT2D eigenvalue weighted by Crippen LogP contribution is -2.43. The molecule has 6 nitrogen and oxygen atoms in total. The minimum absolute atomic E-state index is 0.0593. The molecule has 0 aromatic heterocycles. The molecular weight excluding hydrogens is 412 g/mol. The maximum absolute atomic E-state index is 10.9. The Labute approximate surface area is 187 Å². The Morgan fingerprint density at radius 1 is 0.806 bits per heavy atom. The van der Waals surface area contributed by atoms with Crippen LogP contribution in [0, 0.1) is 0 Å². The molecule has 31 heavy (non-hydrogen) atoms. The Morgan fingerprint density at radius 2 is 1.35 bits per heavy atom. The van der Waals surface area contributed by atoms with Gasteiger partial charge in [-0.15, -0.1) is 0 Å². The molecule has 0 aliphatic rings. The van der Waals surface area contributed by atoms with Crippen LogP contribution in [0.5, 0.6) is 28.7 Å². The van der Waals surface area contributed by atoms with Crippen molar-refractivity contribution >= 4 is 8.32 Å². The van der Waals surface area contributed by atoms with Gasteiger partial charge in [0.25, 0.3) is 8.32 Å². The summed E-state index contributed by atoms with van der Waals surface area (Å²) < 4.78 is 28.2. The van der Waals surface area contributed by atoms with Crippen LogP contribution in [0.25, 0.3) is 0 Å². The molecule has 172 valence electrons. The van der Waals surface area contributed by atoms with Gasteiger partial charge in [-0.25, -0.2) is 0 Å². The summed E-state index contributed by atoms with van der Waals surface area (Å²) in [6, 6.07) is 9.32. The lowest BCUT2D eigenvalue weighted by atomic mass is 10.00. The van der Waals surface area contributed by atoms with Crippen LogP contribution < -0.4 is 23.4 Å². The van der Waals surface area contributed by atoms with Crippen molar-refractivity contribution < 1.29 is 28.5 Å². The van der Waals surface area contributed by atoms with E-state index in [1.54, 1.807) is 40.6 Å². The zero-order chi connectivity index (χ0) is 23.4. The van der Waals surface area contributed by atoms with Gasteiger partial charge in [-0.3, -0.25) is 0 Å². The van der Waals surface area contributed by atoms with Crippen LogP contribution in [0.4, 0.5) is 0 Å². The van der Waals surface area contributed by atoms with Crippen molar-refractivity contribution in [1.29, 1.82) is 0 Å². The fourth-order valence-corrected chi connectivity index (χ4v) is 4.01. The van der Waals surface area contributed by atoms with E-state index in [0.29, 0.717) is 40.7 Å². The number of methoxy groups -OCH3 is 4. The third-order valence-corrected chi connectivity index (χ3v) is 10.2. The van der Waals surface area contributed by atoms with Gasteiger partial charge in [-0.1, -0.05) is 26.8 Å². The van der Waals surface area contributed by atoms with Gasteiger partial charge in [0.05, 0.1) is 34.5 Å². The van der Waals surface area contributed by atoms with Gasteiger partial charge in [0.15, 0.2) is 17.2 Å². The van der Waals surface area contributed by atoms with Gasteiger partial charge in [0, 0.05) is 6.42 Å². The van der Waals surface area contributed by atoms with Crippen LogP contribution in [-0.4, -0.2) is 41.9 Å². The molecule has 0 aliphatic carbocycles. The molecule has 0 spiro atoms. The first-order valence-electron chi connectivity index (χ1n) is 10.3. The highest BCUT2D eigenvalue weighted by molar-refractivity contribution is 6.74. The smallest absolute Gasteiger partial charge is 0.250 e. The monoisotopic (exact) mass is 448 g/mol. The number of rotatable bonds is 9. The normalized spacial score (nSPS) is 12.8.